The number of halogens is 2. The molecule has 0 spiro atoms. The largest absolute Gasteiger partial charge is 0.338 e. The fraction of sp³-hybridized carbons (Fsp3) is 0.333. The second kappa shape index (κ2) is 6.83. The van der Waals surface area contributed by atoms with Crippen molar-refractivity contribution in [1.82, 2.24) is 20.7 Å². The maximum atomic E-state index is 14.2. The molecule has 2 aromatic rings. The van der Waals surface area contributed by atoms with Gasteiger partial charge in [-0.1, -0.05) is 29.8 Å². The van der Waals surface area contributed by atoms with Gasteiger partial charge in [-0.15, -0.1) is 0 Å². The Bertz CT molecular complexity index is 903. The standard InChI is InChI=1S/C18H18ClFN4O2/c19-13-7-10(8-21-17(13)25)18(26)24-6-5-15-12(9-24)16(23-22-15)11-3-1-2-4-14(11)20/h1-4,7-8,12,15-16,22-23H,5-6,9H2,(H,21,25). The Hall–Kier alpha value is -2.22. The van der Waals surface area contributed by atoms with Crippen LogP contribution in [0.25, 0.3) is 0 Å². The molecule has 1 aromatic heterocycles. The summed E-state index contributed by atoms with van der Waals surface area (Å²) in [7, 11) is 0. The van der Waals surface area contributed by atoms with Gasteiger partial charge in [0.15, 0.2) is 0 Å². The summed E-state index contributed by atoms with van der Waals surface area (Å²) in [4.78, 5) is 28.4. The van der Waals surface area contributed by atoms with Crippen LogP contribution in [0.3, 0.4) is 0 Å². The van der Waals surface area contributed by atoms with Gasteiger partial charge in [0.2, 0.25) is 0 Å². The number of fused-ring (bicyclic) bond motifs is 1. The lowest BCUT2D eigenvalue weighted by molar-refractivity contribution is 0.0651. The van der Waals surface area contributed by atoms with E-state index >= 15 is 0 Å². The van der Waals surface area contributed by atoms with Crippen LogP contribution >= 0.6 is 11.6 Å². The summed E-state index contributed by atoms with van der Waals surface area (Å²) in [5.74, 6) is -0.410. The van der Waals surface area contributed by atoms with Crippen molar-refractivity contribution < 1.29 is 9.18 Å². The molecule has 2 aliphatic heterocycles. The fourth-order valence-corrected chi connectivity index (χ4v) is 3.96. The van der Waals surface area contributed by atoms with E-state index in [-0.39, 0.29) is 34.7 Å². The Balaban J connectivity index is 1.56. The summed E-state index contributed by atoms with van der Waals surface area (Å²) in [5.41, 5.74) is 6.91. The smallest absolute Gasteiger partial charge is 0.266 e. The number of aromatic nitrogens is 1. The van der Waals surface area contributed by atoms with Crippen LogP contribution in [-0.2, 0) is 0 Å². The summed E-state index contributed by atoms with van der Waals surface area (Å²) >= 11 is 5.83. The van der Waals surface area contributed by atoms with Crippen molar-refractivity contribution in [3.63, 3.8) is 0 Å². The van der Waals surface area contributed by atoms with Crippen molar-refractivity contribution in [3.8, 4) is 0 Å². The molecule has 0 saturated carbocycles. The zero-order valence-electron chi connectivity index (χ0n) is 13.8. The minimum Gasteiger partial charge on any atom is -0.338 e. The zero-order valence-corrected chi connectivity index (χ0v) is 14.6. The average molecular weight is 377 g/mol. The summed E-state index contributed by atoms with van der Waals surface area (Å²) in [6, 6.07) is 8.02. The highest BCUT2D eigenvalue weighted by Gasteiger charge is 2.42. The molecule has 136 valence electrons. The number of carbonyl (C=O) groups is 1. The number of benzene rings is 1. The first-order chi connectivity index (χ1) is 12.5. The maximum Gasteiger partial charge on any atom is 0.266 e. The second-order valence-corrected chi connectivity index (χ2v) is 7.07. The molecule has 3 unspecified atom stereocenters. The lowest BCUT2D eigenvalue weighted by Crippen LogP contribution is -2.48. The fourth-order valence-electron chi connectivity index (χ4n) is 3.78. The minimum absolute atomic E-state index is 0.0147. The number of hydrogen-bond donors (Lipinski definition) is 3. The van der Waals surface area contributed by atoms with Gasteiger partial charge in [-0.25, -0.2) is 9.82 Å². The van der Waals surface area contributed by atoms with Gasteiger partial charge in [-0.2, -0.15) is 0 Å². The predicted octanol–water partition coefficient (Wildman–Crippen LogP) is 1.85. The number of pyridine rings is 1. The van der Waals surface area contributed by atoms with Crippen LogP contribution < -0.4 is 16.4 Å². The van der Waals surface area contributed by atoms with E-state index < -0.39 is 5.56 Å². The van der Waals surface area contributed by atoms with Crippen molar-refractivity contribution in [1.29, 1.82) is 0 Å². The third kappa shape index (κ3) is 3.02. The van der Waals surface area contributed by atoms with Crippen LogP contribution in [0, 0.1) is 11.7 Å². The number of rotatable bonds is 2. The van der Waals surface area contributed by atoms with E-state index in [1.54, 1.807) is 17.0 Å². The van der Waals surface area contributed by atoms with Crippen LogP contribution in [0.15, 0.2) is 41.3 Å². The van der Waals surface area contributed by atoms with Gasteiger partial charge in [0.25, 0.3) is 11.5 Å². The number of aromatic amines is 1. The van der Waals surface area contributed by atoms with Crippen molar-refractivity contribution in [2.75, 3.05) is 13.1 Å². The molecular weight excluding hydrogens is 359 g/mol. The molecule has 4 rings (SSSR count). The molecule has 0 radical (unpaired) electrons. The molecule has 1 amide bonds. The number of piperidine rings is 1. The van der Waals surface area contributed by atoms with Crippen LogP contribution in [-0.4, -0.2) is 34.9 Å². The van der Waals surface area contributed by atoms with Crippen molar-refractivity contribution in [2.24, 2.45) is 5.92 Å². The Labute approximate surface area is 154 Å². The lowest BCUT2D eigenvalue weighted by atomic mass is 9.84. The minimum atomic E-state index is -0.425. The molecule has 3 atom stereocenters. The Kier molecular flexibility index (Phi) is 4.52. The van der Waals surface area contributed by atoms with Crippen molar-refractivity contribution >= 4 is 17.5 Å². The van der Waals surface area contributed by atoms with Crippen LogP contribution in [0.1, 0.15) is 28.4 Å². The first kappa shape index (κ1) is 17.2. The predicted molar refractivity (Wildman–Crippen MR) is 95.3 cm³/mol. The van der Waals surface area contributed by atoms with E-state index in [4.69, 9.17) is 11.6 Å². The molecule has 2 fully saturated rings. The maximum absolute atomic E-state index is 14.2. The summed E-state index contributed by atoms with van der Waals surface area (Å²) in [6.45, 7) is 1.06. The van der Waals surface area contributed by atoms with Gasteiger partial charge in [-0.05, 0) is 18.6 Å². The van der Waals surface area contributed by atoms with E-state index in [9.17, 15) is 14.0 Å². The number of nitrogens with zero attached hydrogens (tertiary/aromatic N) is 1. The molecule has 0 aliphatic carbocycles. The number of nitrogens with one attached hydrogen (secondary N) is 3. The van der Waals surface area contributed by atoms with Gasteiger partial charge in [0, 0.05) is 36.8 Å². The first-order valence-corrected chi connectivity index (χ1v) is 8.85. The van der Waals surface area contributed by atoms with Crippen LogP contribution in [0.5, 0.6) is 0 Å². The third-order valence-electron chi connectivity index (χ3n) is 5.14. The average Bonchev–Trinajstić information content (AvgIpc) is 3.07. The molecule has 3 N–H and O–H groups in total. The van der Waals surface area contributed by atoms with E-state index in [1.165, 1.54) is 18.3 Å². The molecular formula is C18H18ClFN4O2. The van der Waals surface area contributed by atoms with Gasteiger partial charge in [0.1, 0.15) is 10.8 Å². The molecule has 6 nitrogen and oxygen atoms in total. The van der Waals surface area contributed by atoms with E-state index in [0.29, 0.717) is 24.2 Å². The quantitative estimate of drug-likeness (QED) is 0.747. The number of hydrazine groups is 1. The molecule has 26 heavy (non-hydrogen) atoms. The zero-order chi connectivity index (χ0) is 18.3. The number of carbonyl (C=O) groups excluding carboxylic acids is 1. The molecule has 1 aromatic carbocycles. The SMILES string of the molecule is O=C(c1c[nH]c(=O)c(Cl)c1)N1CCC2NNC(c3ccccc3F)C2C1. The molecule has 3 heterocycles. The monoisotopic (exact) mass is 376 g/mol. The summed E-state index contributed by atoms with van der Waals surface area (Å²) in [5, 5.41) is -0.0147. The lowest BCUT2D eigenvalue weighted by Gasteiger charge is -2.36. The van der Waals surface area contributed by atoms with Crippen molar-refractivity contribution in [2.45, 2.75) is 18.5 Å². The summed E-state index contributed by atoms with van der Waals surface area (Å²) < 4.78 is 14.2. The number of hydrogen-bond acceptors (Lipinski definition) is 4. The molecule has 0 bridgehead atoms. The number of amides is 1. The third-order valence-corrected chi connectivity index (χ3v) is 5.42. The van der Waals surface area contributed by atoms with Gasteiger partial charge in [-0.3, -0.25) is 15.0 Å². The normalized spacial score (nSPS) is 25.2. The van der Waals surface area contributed by atoms with Crippen LogP contribution in [0.2, 0.25) is 5.02 Å². The Morgan fingerprint density at radius 3 is 2.85 bits per heavy atom. The van der Waals surface area contributed by atoms with E-state index in [1.807, 2.05) is 6.07 Å². The Morgan fingerprint density at radius 1 is 1.27 bits per heavy atom. The van der Waals surface area contributed by atoms with Gasteiger partial charge >= 0.3 is 0 Å². The molecule has 2 saturated heterocycles. The first-order valence-electron chi connectivity index (χ1n) is 8.47. The van der Waals surface area contributed by atoms with E-state index in [0.717, 1.165) is 6.42 Å². The molecule has 2 aliphatic rings. The molecule has 8 heteroatoms. The van der Waals surface area contributed by atoms with Crippen LogP contribution in [0.4, 0.5) is 4.39 Å². The highest BCUT2D eigenvalue weighted by Crippen LogP contribution is 2.35. The van der Waals surface area contributed by atoms with Crippen molar-refractivity contribution in [3.05, 3.63) is 68.8 Å². The summed E-state index contributed by atoms with van der Waals surface area (Å²) in [6.07, 6.45) is 2.13. The topological polar surface area (TPSA) is 77.2 Å². The number of H-pyrrole nitrogens is 1. The highest BCUT2D eigenvalue weighted by atomic mass is 35.5. The van der Waals surface area contributed by atoms with Gasteiger partial charge in [0.05, 0.1) is 11.6 Å². The second-order valence-electron chi connectivity index (χ2n) is 6.66. The van der Waals surface area contributed by atoms with Gasteiger partial charge < -0.3 is 9.88 Å². The van der Waals surface area contributed by atoms with E-state index in [2.05, 4.69) is 15.8 Å². The number of likely N-dealkylation sites (tertiary alicyclic amines) is 1. The Morgan fingerprint density at radius 2 is 2.08 bits per heavy atom. The highest BCUT2D eigenvalue weighted by molar-refractivity contribution is 6.30.